The smallest absolute Gasteiger partial charge is 0.0954 e. The Bertz CT molecular complexity index is 1250. The molecule has 0 unspecified atom stereocenters. The molecule has 3 aromatic carbocycles. The maximum absolute atomic E-state index is 4.85. The fraction of sp³-hybridized carbons (Fsp3) is 0.143. The molecule has 4 aliphatic rings. The molecule has 152 valence electrons. The fourth-order valence-electron chi connectivity index (χ4n) is 4.16. The predicted molar refractivity (Wildman–Crippen MR) is 132 cm³/mol. The molecule has 0 amide bonds. The molecule has 0 spiro atoms. The first-order valence-electron chi connectivity index (χ1n) is 10.7. The topological polar surface area (TPSA) is 25.2 Å². The van der Waals surface area contributed by atoms with Gasteiger partial charge in [0.25, 0.3) is 0 Å². The van der Waals surface area contributed by atoms with Crippen molar-refractivity contribution in [2.75, 3.05) is 0 Å². The number of pyridine rings is 1. The van der Waals surface area contributed by atoms with E-state index in [9.17, 15) is 0 Å². The van der Waals surface area contributed by atoms with Crippen LogP contribution in [0.3, 0.4) is 0 Å². The Morgan fingerprint density at radius 2 is 1.48 bits per heavy atom. The molecule has 1 heterocycles. The van der Waals surface area contributed by atoms with Crippen molar-refractivity contribution in [1.29, 1.82) is 0 Å². The third-order valence-corrected chi connectivity index (χ3v) is 6.56. The average molecular weight is 467 g/mol. The SMILES string of the molecule is Brc1cccnc1C=Nc1cc2ccc1CCc1ccc(cc1-c1ccccc1)CC2. The molecule has 0 saturated carbocycles. The Labute approximate surface area is 191 Å². The van der Waals surface area contributed by atoms with E-state index in [4.69, 9.17) is 4.99 Å². The summed E-state index contributed by atoms with van der Waals surface area (Å²) < 4.78 is 0.956. The minimum absolute atomic E-state index is 0.848. The van der Waals surface area contributed by atoms with Crippen molar-refractivity contribution in [3.05, 3.63) is 117 Å². The quantitative estimate of drug-likeness (QED) is 0.294. The summed E-state index contributed by atoms with van der Waals surface area (Å²) in [4.78, 5) is 9.27. The van der Waals surface area contributed by atoms with E-state index in [2.05, 4.69) is 87.6 Å². The van der Waals surface area contributed by atoms with Crippen LogP contribution in [0.1, 0.15) is 27.9 Å². The monoisotopic (exact) mass is 466 g/mol. The number of halogens is 1. The number of hydrogen-bond acceptors (Lipinski definition) is 2. The van der Waals surface area contributed by atoms with Crippen LogP contribution in [-0.4, -0.2) is 11.2 Å². The molecule has 0 radical (unpaired) electrons. The third-order valence-electron chi connectivity index (χ3n) is 5.89. The average Bonchev–Trinajstić information content (AvgIpc) is 2.81. The summed E-state index contributed by atoms with van der Waals surface area (Å²) >= 11 is 3.56. The molecule has 0 atom stereocenters. The summed E-state index contributed by atoms with van der Waals surface area (Å²) in [6.45, 7) is 0. The van der Waals surface area contributed by atoms with Crippen molar-refractivity contribution in [2.24, 2.45) is 4.99 Å². The molecule has 3 heteroatoms. The van der Waals surface area contributed by atoms with Crippen molar-refractivity contribution < 1.29 is 0 Å². The first-order valence-corrected chi connectivity index (χ1v) is 11.5. The highest BCUT2D eigenvalue weighted by atomic mass is 79.9. The standard InChI is InChI=1S/C28H23BrN2/c29-26-7-4-16-30-28(26)19-31-27-18-21-9-8-20-10-12-23(14-15-24(27)13-11-21)25(17-20)22-5-2-1-3-6-22/h1-7,10-13,16-19H,8-9,14-15H2. The van der Waals surface area contributed by atoms with Gasteiger partial charge in [-0.15, -0.1) is 0 Å². The van der Waals surface area contributed by atoms with E-state index in [1.54, 1.807) is 6.20 Å². The molecule has 0 N–H and O–H groups in total. The van der Waals surface area contributed by atoms with Gasteiger partial charge < -0.3 is 0 Å². The summed E-state index contributed by atoms with van der Waals surface area (Å²) in [7, 11) is 0. The molecule has 0 fully saturated rings. The number of aromatic nitrogens is 1. The highest BCUT2D eigenvalue weighted by molar-refractivity contribution is 9.10. The molecular weight excluding hydrogens is 444 g/mol. The third kappa shape index (κ3) is 4.52. The Hall–Kier alpha value is -3.04. The van der Waals surface area contributed by atoms with Gasteiger partial charge in [0.2, 0.25) is 0 Å². The van der Waals surface area contributed by atoms with E-state index in [1.165, 1.54) is 33.4 Å². The fourth-order valence-corrected chi connectivity index (χ4v) is 4.52. The lowest BCUT2D eigenvalue weighted by molar-refractivity contribution is 0.923. The maximum atomic E-state index is 4.85. The van der Waals surface area contributed by atoms with Gasteiger partial charge in [-0.25, -0.2) is 0 Å². The summed E-state index contributed by atoms with van der Waals surface area (Å²) in [6, 6.07) is 28.4. The zero-order valence-corrected chi connectivity index (χ0v) is 18.8. The van der Waals surface area contributed by atoms with Crippen LogP contribution in [0.15, 0.2) is 94.5 Å². The van der Waals surface area contributed by atoms with Crippen LogP contribution >= 0.6 is 15.9 Å². The van der Waals surface area contributed by atoms with Crippen LogP contribution < -0.4 is 0 Å². The second-order valence-electron chi connectivity index (χ2n) is 7.95. The lowest BCUT2D eigenvalue weighted by atomic mass is 9.90. The molecule has 4 bridgehead atoms. The van der Waals surface area contributed by atoms with Gasteiger partial charge in [-0.1, -0.05) is 60.7 Å². The minimum atomic E-state index is 0.848. The molecule has 2 nitrogen and oxygen atoms in total. The Morgan fingerprint density at radius 3 is 2.29 bits per heavy atom. The van der Waals surface area contributed by atoms with Gasteiger partial charge in [-0.3, -0.25) is 9.98 Å². The predicted octanol–water partition coefficient (Wildman–Crippen LogP) is 7.15. The van der Waals surface area contributed by atoms with Crippen LogP contribution in [0.25, 0.3) is 11.1 Å². The summed E-state index contributed by atoms with van der Waals surface area (Å²) in [6.07, 6.45) is 7.62. The second kappa shape index (κ2) is 8.99. The van der Waals surface area contributed by atoms with Crippen molar-refractivity contribution in [3.8, 4) is 11.1 Å². The molecule has 4 aliphatic carbocycles. The molecule has 31 heavy (non-hydrogen) atoms. The van der Waals surface area contributed by atoms with Crippen LogP contribution in [0.2, 0.25) is 0 Å². The molecule has 8 rings (SSSR count). The van der Waals surface area contributed by atoms with Crippen molar-refractivity contribution >= 4 is 27.8 Å². The van der Waals surface area contributed by atoms with Crippen molar-refractivity contribution in [3.63, 3.8) is 0 Å². The van der Waals surface area contributed by atoms with E-state index < -0.39 is 0 Å². The lowest BCUT2D eigenvalue weighted by Gasteiger charge is -2.16. The highest BCUT2D eigenvalue weighted by Crippen LogP contribution is 2.30. The first kappa shape index (κ1) is 19.9. The van der Waals surface area contributed by atoms with Crippen molar-refractivity contribution in [1.82, 2.24) is 4.98 Å². The minimum Gasteiger partial charge on any atom is -0.254 e. The van der Waals surface area contributed by atoms with E-state index in [1.807, 2.05) is 18.3 Å². The Balaban J connectivity index is 1.51. The van der Waals surface area contributed by atoms with E-state index in [0.29, 0.717) is 0 Å². The molecular formula is C28H23BrN2. The van der Waals surface area contributed by atoms with E-state index in [-0.39, 0.29) is 0 Å². The number of benzene rings is 3. The first-order chi connectivity index (χ1) is 15.3. The number of hydrogen-bond donors (Lipinski definition) is 0. The number of aliphatic imine (C=N–C) groups is 1. The summed E-state index contributed by atoms with van der Waals surface area (Å²) in [5, 5.41) is 0. The maximum Gasteiger partial charge on any atom is 0.0954 e. The van der Waals surface area contributed by atoms with E-state index in [0.717, 1.165) is 41.5 Å². The largest absolute Gasteiger partial charge is 0.254 e. The van der Waals surface area contributed by atoms with Crippen molar-refractivity contribution in [2.45, 2.75) is 25.7 Å². The summed E-state index contributed by atoms with van der Waals surface area (Å²) in [5.41, 5.74) is 9.92. The number of rotatable bonds is 3. The van der Waals surface area contributed by atoms with E-state index >= 15 is 0 Å². The molecule has 0 saturated heterocycles. The number of aryl methyl sites for hydroxylation is 4. The second-order valence-corrected chi connectivity index (χ2v) is 8.80. The Kier molecular flexibility index (Phi) is 5.77. The lowest BCUT2D eigenvalue weighted by Crippen LogP contribution is -2.01. The zero-order valence-electron chi connectivity index (χ0n) is 17.3. The van der Waals surface area contributed by atoms with Gasteiger partial charge >= 0.3 is 0 Å². The van der Waals surface area contributed by atoms with Gasteiger partial charge in [-0.2, -0.15) is 0 Å². The van der Waals surface area contributed by atoms with Gasteiger partial charge in [-0.05, 0) is 93.2 Å². The molecule has 4 aromatic rings. The van der Waals surface area contributed by atoms with Gasteiger partial charge in [0.15, 0.2) is 0 Å². The van der Waals surface area contributed by atoms with Gasteiger partial charge in [0.05, 0.1) is 17.6 Å². The molecule has 1 aromatic heterocycles. The van der Waals surface area contributed by atoms with Crippen LogP contribution in [-0.2, 0) is 25.7 Å². The zero-order chi connectivity index (χ0) is 21.0. The van der Waals surface area contributed by atoms with Crippen LogP contribution in [0.4, 0.5) is 5.69 Å². The normalized spacial score (nSPS) is 13.3. The number of nitrogens with zero attached hydrogens (tertiary/aromatic N) is 2. The highest BCUT2D eigenvalue weighted by Gasteiger charge is 2.12. The van der Waals surface area contributed by atoms with Crippen LogP contribution in [0, 0.1) is 0 Å². The van der Waals surface area contributed by atoms with Gasteiger partial charge in [0.1, 0.15) is 0 Å². The molecule has 0 aliphatic heterocycles. The van der Waals surface area contributed by atoms with Gasteiger partial charge in [0, 0.05) is 10.7 Å². The van der Waals surface area contributed by atoms with Crippen LogP contribution in [0.5, 0.6) is 0 Å². The Morgan fingerprint density at radius 1 is 0.742 bits per heavy atom. The summed E-state index contributed by atoms with van der Waals surface area (Å²) in [5.74, 6) is 0.